The lowest BCUT2D eigenvalue weighted by Crippen LogP contribution is -2.27. The van der Waals surface area contributed by atoms with E-state index in [9.17, 15) is 12.8 Å². The molecule has 25 heavy (non-hydrogen) atoms. The Kier molecular flexibility index (Phi) is 6.20. The zero-order chi connectivity index (χ0) is 18.4. The molecule has 0 fully saturated rings. The van der Waals surface area contributed by atoms with Gasteiger partial charge in [0, 0.05) is 12.6 Å². The molecule has 0 unspecified atom stereocenters. The van der Waals surface area contributed by atoms with Gasteiger partial charge in [-0.2, -0.15) is 0 Å². The van der Waals surface area contributed by atoms with Crippen LogP contribution in [0.25, 0.3) is 17.0 Å². The van der Waals surface area contributed by atoms with Gasteiger partial charge in [-0.25, -0.2) is 12.8 Å². The van der Waals surface area contributed by atoms with Gasteiger partial charge >= 0.3 is 0 Å². The van der Waals surface area contributed by atoms with Crippen molar-refractivity contribution in [2.75, 3.05) is 12.8 Å². The number of rotatable bonds is 9. The van der Waals surface area contributed by atoms with Crippen LogP contribution in [0.1, 0.15) is 25.0 Å². The third kappa shape index (κ3) is 4.82. The first kappa shape index (κ1) is 19.0. The second-order valence-electron chi connectivity index (χ2n) is 5.69. The molecular weight excluding hydrogens is 341 g/mol. The van der Waals surface area contributed by atoms with E-state index in [1.807, 2.05) is 0 Å². The van der Waals surface area contributed by atoms with Crippen LogP contribution >= 0.6 is 0 Å². The van der Waals surface area contributed by atoms with Crippen LogP contribution in [0.4, 0.5) is 4.39 Å². The Balaban J connectivity index is 2.09. The Hall–Kier alpha value is -2.34. The maximum Gasteiger partial charge on any atom is 0.234 e. The average molecular weight is 363 g/mol. The summed E-state index contributed by atoms with van der Waals surface area (Å²) < 4.78 is 44.6. The number of halogens is 1. The molecular formula is C19H22FNO3S. The SMILES string of the molecule is C=CCCCCS(=O)(=O)N(C)C(=C)c1ccc(-c2ccc(F)cc2)o1. The van der Waals surface area contributed by atoms with Crippen molar-refractivity contribution in [3.63, 3.8) is 0 Å². The maximum absolute atomic E-state index is 13.0. The van der Waals surface area contributed by atoms with Crippen molar-refractivity contribution in [2.24, 2.45) is 0 Å². The van der Waals surface area contributed by atoms with Gasteiger partial charge in [0.25, 0.3) is 0 Å². The summed E-state index contributed by atoms with van der Waals surface area (Å²) in [6.45, 7) is 7.46. The molecule has 2 aromatic rings. The quantitative estimate of drug-likeness (QED) is 0.480. The third-order valence-corrected chi connectivity index (χ3v) is 5.74. The minimum absolute atomic E-state index is 0.0435. The average Bonchev–Trinajstić information content (AvgIpc) is 3.08. The first-order chi connectivity index (χ1) is 11.8. The Labute approximate surface area is 148 Å². The number of hydrogen-bond donors (Lipinski definition) is 0. The van der Waals surface area contributed by atoms with Gasteiger partial charge in [0.1, 0.15) is 11.6 Å². The molecule has 134 valence electrons. The van der Waals surface area contributed by atoms with E-state index in [2.05, 4.69) is 13.2 Å². The van der Waals surface area contributed by atoms with E-state index < -0.39 is 10.0 Å². The lowest BCUT2D eigenvalue weighted by molar-refractivity contribution is 0.520. The van der Waals surface area contributed by atoms with Crippen LogP contribution in [-0.2, 0) is 10.0 Å². The Bertz CT molecular complexity index is 838. The van der Waals surface area contributed by atoms with Crippen molar-refractivity contribution >= 4 is 15.7 Å². The van der Waals surface area contributed by atoms with Gasteiger partial charge in [-0.3, -0.25) is 4.31 Å². The Morgan fingerprint density at radius 1 is 1.20 bits per heavy atom. The molecule has 1 heterocycles. The van der Waals surface area contributed by atoms with Gasteiger partial charge in [-0.1, -0.05) is 12.7 Å². The maximum atomic E-state index is 13.0. The smallest absolute Gasteiger partial charge is 0.234 e. The molecule has 6 heteroatoms. The number of sulfonamides is 1. The van der Waals surface area contributed by atoms with E-state index in [1.165, 1.54) is 19.2 Å². The van der Waals surface area contributed by atoms with E-state index in [0.29, 0.717) is 23.5 Å². The van der Waals surface area contributed by atoms with E-state index >= 15 is 0 Å². The van der Waals surface area contributed by atoms with Crippen molar-refractivity contribution < 1.29 is 17.2 Å². The van der Waals surface area contributed by atoms with Crippen LogP contribution in [0, 0.1) is 5.82 Å². The molecule has 0 aliphatic carbocycles. The van der Waals surface area contributed by atoms with E-state index in [4.69, 9.17) is 4.42 Å². The van der Waals surface area contributed by atoms with Crippen LogP contribution in [0.3, 0.4) is 0 Å². The second-order valence-corrected chi connectivity index (χ2v) is 7.81. The predicted molar refractivity (Wildman–Crippen MR) is 98.7 cm³/mol. The highest BCUT2D eigenvalue weighted by Gasteiger charge is 2.21. The fourth-order valence-electron chi connectivity index (χ4n) is 2.30. The van der Waals surface area contributed by atoms with Crippen molar-refractivity contribution in [3.8, 4) is 11.3 Å². The van der Waals surface area contributed by atoms with Crippen LogP contribution in [0.15, 0.2) is 60.0 Å². The molecule has 0 atom stereocenters. The minimum atomic E-state index is -3.46. The summed E-state index contributed by atoms with van der Waals surface area (Å²) in [7, 11) is -2.00. The Morgan fingerprint density at radius 2 is 1.88 bits per heavy atom. The van der Waals surface area contributed by atoms with Gasteiger partial charge in [0.15, 0.2) is 5.76 Å². The third-order valence-electron chi connectivity index (χ3n) is 3.88. The van der Waals surface area contributed by atoms with Crippen LogP contribution < -0.4 is 0 Å². The molecule has 0 N–H and O–H groups in total. The zero-order valence-corrected chi connectivity index (χ0v) is 15.1. The normalized spacial score (nSPS) is 11.3. The molecule has 0 spiro atoms. The molecule has 0 aliphatic heterocycles. The van der Waals surface area contributed by atoms with Crippen molar-refractivity contribution in [1.29, 1.82) is 0 Å². The molecule has 4 nitrogen and oxygen atoms in total. The van der Waals surface area contributed by atoms with E-state index in [0.717, 1.165) is 17.1 Å². The molecule has 1 aromatic heterocycles. The van der Waals surface area contributed by atoms with Gasteiger partial charge in [0.2, 0.25) is 10.0 Å². The Morgan fingerprint density at radius 3 is 2.52 bits per heavy atom. The first-order valence-electron chi connectivity index (χ1n) is 7.97. The van der Waals surface area contributed by atoms with Crippen LogP contribution in [0.2, 0.25) is 0 Å². The van der Waals surface area contributed by atoms with Crippen LogP contribution in [0.5, 0.6) is 0 Å². The summed E-state index contributed by atoms with van der Waals surface area (Å²) in [6, 6.07) is 9.24. The number of furan rings is 1. The fraction of sp³-hybridized carbons (Fsp3) is 0.263. The highest BCUT2D eigenvalue weighted by atomic mass is 32.2. The molecule has 2 rings (SSSR count). The molecule has 0 saturated heterocycles. The fourth-order valence-corrected chi connectivity index (χ4v) is 3.56. The number of hydrogen-bond acceptors (Lipinski definition) is 3. The lowest BCUT2D eigenvalue weighted by atomic mass is 10.2. The number of nitrogens with zero attached hydrogens (tertiary/aromatic N) is 1. The molecule has 0 saturated carbocycles. The van der Waals surface area contributed by atoms with E-state index in [-0.39, 0.29) is 17.3 Å². The number of unbranched alkanes of at least 4 members (excludes halogenated alkanes) is 2. The predicted octanol–water partition coefficient (Wildman–Crippen LogP) is 4.67. The molecule has 1 aromatic carbocycles. The summed E-state index contributed by atoms with van der Waals surface area (Å²) in [5, 5.41) is 0. The van der Waals surface area contributed by atoms with Gasteiger partial charge in [-0.05, 0) is 55.7 Å². The lowest BCUT2D eigenvalue weighted by Gasteiger charge is -2.20. The number of benzene rings is 1. The van der Waals surface area contributed by atoms with Crippen LogP contribution in [-0.4, -0.2) is 25.5 Å². The standard InChI is InChI=1S/C19H22FNO3S/c1-4-5-6-7-14-25(22,23)21(3)15(2)18-12-13-19(24-18)16-8-10-17(20)11-9-16/h4,8-13H,1-2,5-7,14H2,3H3. The minimum Gasteiger partial charge on any atom is -0.455 e. The van der Waals surface area contributed by atoms with Gasteiger partial charge in [0.05, 0.1) is 11.4 Å². The molecule has 0 aliphatic rings. The van der Waals surface area contributed by atoms with Crippen molar-refractivity contribution in [1.82, 2.24) is 4.31 Å². The monoisotopic (exact) mass is 363 g/mol. The molecule has 0 amide bonds. The summed E-state index contributed by atoms with van der Waals surface area (Å²) in [5.74, 6) is 0.591. The highest BCUT2D eigenvalue weighted by molar-refractivity contribution is 7.89. The van der Waals surface area contributed by atoms with E-state index in [1.54, 1.807) is 30.3 Å². The second kappa shape index (κ2) is 8.16. The first-order valence-corrected chi connectivity index (χ1v) is 9.58. The van der Waals surface area contributed by atoms with Gasteiger partial charge in [-0.15, -0.1) is 6.58 Å². The summed E-state index contributed by atoms with van der Waals surface area (Å²) >= 11 is 0. The largest absolute Gasteiger partial charge is 0.455 e. The van der Waals surface area contributed by atoms with Crippen molar-refractivity contribution in [2.45, 2.75) is 19.3 Å². The summed E-state index contributed by atoms with van der Waals surface area (Å²) in [6.07, 6.45) is 3.90. The summed E-state index contributed by atoms with van der Waals surface area (Å²) in [4.78, 5) is 0. The van der Waals surface area contributed by atoms with Crippen molar-refractivity contribution in [3.05, 3.63) is 67.2 Å². The summed E-state index contributed by atoms with van der Waals surface area (Å²) in [5.41, 5.74) is 0.965. The highest BCUT2D eigenvalue weighted by Crippen LogP contribution is 2.27. The molecule has 0 bridgehead atoms. The zero-order valence-electron chi connectivity index (χ0n) is 14.2. The topological polar surface area (TPSA) is 50.5 Å². The molecule has 0 radical (unpaired) electrons. The number of allylic oxidation sites excluding steroid dienone is 1. The van der Waals surface area contributed by atoms with Gasteiger partial charge < -0.3 is 4.42 Å².